The molecular formula is C15H16N2O3S. The maximum Gasteiger partial charge on any atom is 0.341 e. The Morgan fingerprint density at radius 3 is 3.05 bits per heavy atom. The van der Waals surface area contributed by atoms with Crippen LogP contribution in [0.4, 0.5) is 0 Å². The van der Waals surface area contributed by atoms with Crippen LogP contribution in [-0.2, 0) is 19.3 Å². The van der Waals surface area contributed by atoms with Gasteiger partial charge in [-0.15, -0.1) is 11.3 Å². The van der Waals surface area contributed by atoms with Gasteiger partial charge in [-0.05, 0) is 37.8 Å². The average Bonchev–Trinajstić information content (AvgIpc) is 3.06. The van der Waals surface area contributed by atoms with Gasteiger partial charge in [-0.1, -0.05) is 0 Å². The van der Waals surface area contributed by atoms with Crippen LogP contribution in [0.3, 0.4) is 0 Å². The van der Waals surface area contributed by atoms with Crippen molar-refractivity contribution in [3.8, 4) is 5.88 Å². The number of aromatic nitrogens is 2. The zero-order valence-electron chi connectivity index (χ0n) is 11.8. The van der Waals surface area contributed by atoms with Gasteiger partial charge in [0.05, 0.1) is 17.8 Å². The number of fused-ring (bicyclic) bond motifs is 1. The Labute approximate surface area is 126 Å². The van der Waals surface area contributed by atoms with E-state index in [1.54, 1.807) is 22.9 Å². The first kappa shape index (κ1) is 14.0. The Hall–Kier alpha value is -1.95. The Morgan fingerprint density at radius 2 is 2.33 bits per heavy atom. The molecule has 3 rings (SSSR count). The van der Waals surface area contributed by atoms with E-state index in [0.29, 0.717) is 13.0 Å². The number of carboxylic acid groups (broad SMARTS) is 1. The third kappa shape index (κ3) is 2.90. The van der Waals surface area contributed by atoms with Gasteiger partial charge in [0.1, 0.15) is 5.56 Å². The quantitative estimate of drug-likeness (QED) is 0.919. The molecule has 0 aliphatic heterocycles. The number of aromatic carboxylic acids is 1. The van der Waals surface area contributed by atoms with Crippen LogP contribution in [0.25, 0.3) is 0 Å². The fourth-order valence-corrected chi connectivity index (χ4v) is 3.29. The summed E-state index contributed by atoms with van der Waals surface area (Å²) in [4.78, 5) is 21.1. The third-order valence-corrected chi connectivity index (χ3v) is 4.65. The summed E-state index contributed by atoms with van der Waals surface area (Å²) < 4.78 is 5.64. The van der Waals surface area contributed by atoms with Crippen LogP contribution in [0, 0.1) is 6.92 Å². The van der Waals surface area contributed by atoms with Crippen molar-refractivity contribution >= 4 is 17.3 Å². The summed E-state index contributed by atoms with van der Waals surface area (Å²) in [5.41, 5.74) is 4.99. The molecule has 0 saturated carbocycles. The molecule has 6 heteroatoms. The van der Waals surface area contributed by atoms with Gasteiger partial charge in [0, 0.05) is 17.0 Å². The number of ether oxygens (including phenoxy) is 1. The Balaban J connectivity index is 1.75. The molecule has 0 fully saturated rings. The zero-order chi connectivity index (χ0) is 14.8. The number of pyridine rings is 1. The zero-order valence-corrected chi connectivity index (χ0v) is 12.6. The lowest BCUT2D eigenvalue weighted by atomic mass is 10.1. The van der Waals surface area contributed by atoms with Gasteiger partial charge in [0.15, 0.2) is 0 Å². The number of rotatable bonds is 5. The molecule has 0 aromatic carbocycles. The highest BCUT2D eigenvalue weighted by Crippen LogP contribution is 2.27. The molecule has 1 aliphatic rings. The Morgan fingerprint density at radius 1 is 1.48 bits per heavy atom. The second kappa shape index (κ2) is 5.81. The number of carboxylic acids is 1. The molecular weight excluding hydrogens is 288 g/mol. The normalized spacial score (nSPS) is 13.2. The van der Waals surface area contributed by atoms with Crippen molar-refractivity contribution in [2.24, 2.45) is 0 Å². The van der Waals surface area contributed by atoms with Crippen LogP contribution < -0.4 is 4.74 Å². The molecule has 2 heterocycles. The summed E-state index contributed by atoms with van der Waals surface area (Å²) in [6.45, 7) is 2.37. The molecule has 0 bridgehead atoms. The summed E-state index contributed by atoms with van der Waals surface area (Å²) in [7, 11) is 0. The fraction of sp³-hybridized carbons (Fsp3) is 0.400. The first-order chi connectivity index (χ1) is 10.1. The van der Waals surface area contributed by atoms with Crippen LogP contribution in [0.5, 0.6) is 5.88 Å². The second-order valence-electron chi connectivity index (χ2n) is 5.07. The highest BCUT2D eigenvalue weighted by atomic mass is 32.1. The van der Waals surface area contributed by atoms with Crippen molar-refractivity contribution in [2.45, 2.75) is 32.6 Å². The summed E-state index contributed by atoms with van der Waals surface area (Å²) in [6.07, 6.45) is 3.56. The lowest BCUT2D eigenvalue weighted by Gasteiger charge is -2.10. The lowest BCUT2D eigenvalue weighted by Crippen LogP contribution is -2.09. The van der Waals surface area contributed by atoms with E-state index in [1.165, 1.54) is 0 Å². The topological polar surface area (TPSA) is 72.3 Å². The average molecular weight is 304 g/mol. The Bertz CT molecular complexity index is 682. The molecule has 2 aromatic rings. The molecule has 1 N–H and O–H groups in total. The van der Waals surface area contributed by atoms with Gasteiger partial charge >= 0.3 is 5.97 Å². The monoisotopic (exact) mass is 304 g/mol. The Kier molecular flexibility index (Phi) is 3.88. The number of carbonyl (C=O) groups is 1. The maximum atomic E-state index is 11.3. The van der Waals surface area contributed by atoms with E-state index in [0.717, 1.165) is 41.1 Å². The van der Waals surface area contributed by atoms with Crippen LogP contribution in [-0.4, -0.2) is 27.7 Å². The molecule has 21 heavy (non-hydrogen) atoms. The molecule has 0 unspecified atom stereocenters. The van der Waals surface area contributed by atoms with Gasteiger partial charge < -0.3 is 9.84 Å². The van der Waals surface area contributed by atoms with Crippen molar-refractivity contribution in [1.82, 2.24) is 9.97 Å². The van der Waals surface area contributed by atoms with Crippen molar-refractivity contribution in [3.05, 3.63) is 39.0 Å². The highest BCUT2D eigenvalue weighted by molar-refractivity contribution is 7.09. The summed E-state index contributed by atoms with van der Waals surface area (Å²) in [5, 5.41) is 9.30. The van der Waals surface area contributed by atoms with E-state index in [1.807, 2.05) is 6.92 Å². The predicted molar refractivity (Wildman–Crippen MR) is 79.3 cm³/mol. The van der Waals surface area contributed by atoms with E-state index in [-0.39, 0.29) is 11.4 Å². The number of nitrogens with zero attached hydrogens (tertiary/aromatic N) is 2. The third-order valence-electron chi connectivity index (χ3n) is 3.66. The highest BCUT2D eigenvalue weighted by Gasteiger charge is 2.20. The van der Waals surface area contributed by atoms with Crippen molar-refractivity contribution < 1.29 is 14.6 Å². The minimum Gasteiger partial charge on any atom is -0.477 e. The first-order valence-corrected chi connectivity index (χ1v) is 7.81. The molecule has 1 aliphatic carbocycles. The van der Waals surface area contributed by atoms with Crippen LogP contribution >= 0.6 is 11.3 Å². The van der Waals surface area contributed by atoms with Crippen molar-refractivity contribution in [2.75, 3.05) is 6.61 Å². The number of hydrogen-bond donors (Lipinski definition) is 1. The van der Waals surface area contributed by atoms with E-state index in [4.69, 9.17) is 4.74 Å². The molecule has 0 saturated heterocycles. The lowest BCUT2D eigenvalue weighted by molar-refractivity contribution is 0.0691. The van der Waals surface area contributed by atoms with E-state index >= 15 is 0 Å². The molecule has 0 atom stereocenters. The van der Waals surface area contributed by atoms with Crippen LogP contribution in [0.15, 0.2) is 11.6 Å². The van der Waals surface area contributed by atoms with E-state index in [2.05, 4.69) is 9.97 Å². The minimum absolute atomic E-state index is 0.164. The van der Waals surface area contributed by atoms with Crippen molar-refractivity contribution in [1.29, 1.82) is 0 Å². The van der Waals surface area contributed by atoms with Crippen molar-refractivity contribution in [3.63, 3.8) is 0 Å². The van der Waals surface area contributed by atoms with Gasteiger partial charge in [0.2, 0.25) is 5.88 Å². The van der Waals surface area contributed by atoms with E-state index in [9.17, 15) is 9.90 Å². The van der Waals surface area contributed by atoms with E-state index < -0.39 is 5.97 Å². The SMILES string of the molecule is Cc1ncsc1CCOc1nc2c(cc1C(=O)O)CCC2. The maximum absolute atomic E-state index is 11.3. The summed E-state index contributed by atoms with van der Waals surface area (Å²) >= 11 is 1.59. The smallest absolute Gasteiger partial charge is 0.341 e. The predicted octanol–water partition coefficient (Wildman–Crippen LogP) is 2.65. The van der Waals surface area contributed by atoms with Gasteiger partial charge in [0.25, 0.3) is 0 Å². The van der Waals surface area contributed by atoms with Gasteiger partial charge in [-0.25, -0.2) is 14.8 Å². The largest absolute Gasteiger partial charge is 0.477 e. The molecule has 0 spiro atoms. The van der Waals surface area contributed by atoms with Crippen LogP contribution in [0.2, 0.25) is 0 Å². The standard InChI is InChI=1S/C15H16N2O3S/c1-9-13(21-8-16-9)5-6-20-14-11(15(18)19)7-10-3-2-4-12(10)17-14/h7-8H,2-6H2,1H3,(H,18,19). The number of hydrogen-bond acceptors (Lipinski definition) is 5. The first-order valence-electron chi connectivity index (χ1n) is 6.93. The fourth-order valence-electron chi connectivity index (χ4n) is 2.52. The van der Waals surface area contributed by atoms with Crippen LogP contribution in [0.1, 0.15) is 38.6 Å². The summed E-state index contributed by atoms with van der Waals surface area (Å²) in [5.74, 6) is -0.744. The van der Waals surface area contributed by atoms with Gasteiger partial charge in [-0.3, -0.25) is 0 Å². The molecule has 2 aromatic heterocycles. The minimum atomic E-state index is -0.985. The van der Waals surface area contributed by atoms with Gasteiger partial charge in [-0.2, -0.15) is 0 Å². The number of thiazole rings is 1. The molecule has 0 amide bonds. The molecule has 110 valence electrons. The second-order valence-corrected chi connectivity index (χ2v) is 6.00. The molecule has 0 radical (unpaired) electrons. The number of aryl methyl sites for hydroxylation is 3. The molecule has 5 nitrogen and oxygen atoms in total. The summed E-state index contributed by atoms with van der Waals surface area (Å²) in [6, 6.07) is 1.71.